The van der Waals surface area contributed by atoms with E-state index in [1.54, 1.807) is 0 Å². The summed E-state index contributed by atoms with van der Waals surface area (Å²) in [4.78, 5) is 15.4. The Hall–Kier alpha value is -2.95. The Morgan fingerprint density at radius 3 is 2.85 bits per heavy atom. The minimum Gasteiger partial charge on any atom is -0.486 e. The molecule has 0 saturated heterocycles. The molecule has 2 heterocycles. The molecule has 5 heteroatoms. The van der Waals surface area contributed by atoms with Crippen LogP contribution >= 0.6 is 0 Å². The number of H-pyrrole nitrogens is 1. The van der Waals surface area contributed by atoms with E-state index in [0.717, 1.165) is 35.4 Å². The molecule has 5 nitrogen and oxygen atoms in total. The van der Waals surface area contributed by atoms with Crippen LogP contribution in [0, 0.1) is 0 Å². The van der Waals surface area contributed by atoms with Crippen LogP contribution in [0.2, 0.25) is 0 Å². The van der Waals surface area contributed by atoms with Gasteiger partial charge in [0.05, 0.1) is 0 Å². The lowest BCUT2D eigenvalue weighted by Crippen LogP contribution is -2.22. The molecule has 0 radical (unpaired) electrons. The van der Waals surface area contributed by atoms with Gasteiger partial charge in [-0.2, -0.15) is 0 Å². The molecular weight excluding hydrogens is 328 g/mol. The zero-order chi connectivity index (χ0) is 17.8. The van der Waals surface area contributed by atoms with E-state index in [2.05, 4.69) is 22.4 Å². The average molecular weight is 350 g/mol. The van der Waals surface area contributed by atoms with Gasteiger partial charge in [-0.05, 0) is 42.2 Å². The summed E-state index contributed by atoms with van der Waals surface area (Å²) in [6, 6.07) is 14.0. The van der Waals surface area contributed by atoms with E-state index in [1.165, 1.54) is 10.9 Å². The van der Waals surface area contributed by atoms with E-state index in [9.17, 15) is 4.79 Å². The summed E-state index contributed by atoms with van der Waals surface area (Å²) in [6.07, 6.45) is 4.28. The van der Waals surface area contributed by atoms with Crippen LogP contribution < -0.4 is 14.8 Å². The normalized spacial score (nSPS) is 12.9. The number of aromatic nitrogens is 1. The fraction of sp³-hybridized carbons (Fsp3) is 0.286. The minimum absolute atomic E-state index is 0.0692. The molecule has 0 atom stereocenters. The highest BCUT2D eigenvalue weighted by Crippen LogP contribution is 2.30. The van der Waals surface area contributed by atoms with Crippen molar-refractivity contribution in [1.82, 2.24) is 10.3 Å². The van der Waals surface area contributed by atoms with Gasteiger partial charge in [-0.3, -0.25) is 4.79 Å². The van der Waals surface area contributed by atoms with Crippen molar-refractivity contribution >= 4 is 16.8 Å². The molecule has 1 amide bonds. The van der Waals surface area contributed by atoms with Crippen LogP contribution in [0.4, 0.5) is 0 Å². The first kappa shape index (κ1) is 16.5. The minimum atomic E-state index is 0.0692. The number of ether oxygens (including phenoxy) is 2. The number of carbonyl (C=O) groups excluding carboxylic acids is 1. The number of hydrogen-bond donors (Lipinski definition) is 2. The van der Waals surface area contributed by atoms with Gasteiger partial charge in [0, 0.05) is 30.1 Å². The second-order valence-corrected chi connectivity index (χ2v) is 6.47. The molecule has 134 valence electrons. The molecule has 3 aromatic rings. The maximum absolute atomic E-state index is 12.1. The highest BCUT2D eigenvalue weighted by molar-refractivity contribution is 5.83. The molecule has 0 fully saturated rings. The number of fused-ring (bicyclic) bond motifs is 2. The van der Waals surface area contributed by atoms with Gasteiger partial charge in [-0.15, -0.1) is 0 Å². The van der Waals surface area contributed by atoms with Crippen LogP contribution in [0.25, 0.3) is 10.9 Å². The molecule has 0 unspecified atom stereocenters. The van der Waals surface area contributed by atoms with E-state index >= 15 is 0 Å². The van der Waals surface area contributed by atoms with Crippen molar-refractivity contribution < 1.29 is 14.3 Å². The third kappa shape index (κ3) is 3.67. The second-order valence-electron chi connectivity index (χ2n) is 6.47. The van der Waals surface area contributed by atoms with Gasteiger partial charge >= 0.3 is 0 Å². The van der Waals surface area contributed by atoms with Crippen LogP contribution in [0.5, 0.6) is 11.5 Å². The largest absolute Gasteiger partial charge is 0.486 e. The summed E-state index contributed by atoms with van der Waals surface area (Å²) in [6.45, 7) is 1.65. The highest BCUT2D eigenvalue weighted by Gasteiger charge is 2.12. The summed E-state index contributed by atoms with van der Waals surface area (Å²) >= 11 is 0. The van der Waals surface area contributed by atoms with Crippen molar-refractivity contribution in [1.29, 1.82) is 0 Å². The molecule has 1 aromatic heterocycles. The smallest absolute Gasteiger partial charge is 0.220 e. The quantitative estimate of drug-likeness (QED) is 0.714. The van der Waals surface area contributed by atoms with Crippen LogP contribution in [-0.4, -0.2) is 24.1 Å². The van der Waals surface area contributed by atoms with E-state index in [0.29, 0.717) is 26.2 Å². The topological polar surface area (TPSA) is 63.4 Å². The molecule has 26 heavy (non-hydrogen) atoms. The van der Waals surface area contributed by atoms with Gasteiger partial charge in [-0.25, -0.2) is 0 Å². The van der Waals surface area contributed by atoms with E-state index in [-0.39, 0.29) is 5.91 Å². The first-order chi connectivity index (χ1) is 12.8. The predicted octanol–water partition coefficient (Wildman–Crippen LogP) is 3.58. The van der Waals surface area contributed by atoms with Gasteiger partial charge in [0.15, 0.2) is 11.5 Å². The lowest BCUT2D eigenvalue weighted by molar-refractivity contribution is -0.121. The zero-order valence-corrected chi connectivity index (χ0v) is 14.6. The fourth-order valence-electron chi connectivity index (χ4n) is 3.26. The maximum atomic E-state index is 12.1. The number of aromatic amines is 1. The van der Waals surface area contributed by atoms with Crippen molar-refractivity contribution in [2.75, 3.05) is 13.2 Å². The van der Waals surface area contributed by atoms with Gasteiger partial charge in [0.1, 0.15) is 13.2 Å². The molecule has 0 spiro atoms. The van der Waals surface area contributed by atoms with Crippen LogP contribution in [0.1, 0.15) is 24.0 Å². The molecule has 1 aliphatic rings. The molecule has 0 aliphatic carbocycles. The Bertz CT molecular complexity index is 917. The highest BCUT2D eigenvalue weighted by atomic mass is 16.6. The average Bonchev–Trinajstić information content (AvgIpc) is 3.09. The summed E-state index contributed by atoms with van der Waals surface area (Å²) in [5.74, 6) is 1.59. The van der Waals surface area contributed by atoms with Gasteiger partial charge in [-0.1, -0.05) is 24.3 Å². The number of amides is 1. The molecule has 0 bridgehead atoms. The van der Waals surface area contributed by atoms with Crippen molar-refractivity contribution in [3.8, 4) is 11.5 Å². The van der Waals surface area contributed by atoms with Gasteiger partial charge in [0.2, 0.25) is 5.91 Å². The fourth-order valence-corrected chi connectivity index (χ4v) is 3.26. The van der Waals surface area contributed by atoms with Gasteiger partial charge < -0.3 is 19.8 Å². The van der Waals surface area contributed by atoms with Crippen LogP contribution in [-0.2, 0) is 17.8 Å². The van der Waals surface area contributed by atoms with Crippen LogP contribution in [0.3, 0.4) is 0 Å². The first-order valence-electron chi connectivity index (χ1n) is 9.00. The van der Waals surface area contributed by atoms with Crippen molar-refractivity contribution in [3.05, 3.63) is 59.8 Å². The number of para-hydroxylation sites is 1. The number of benzene rings is 2. The summed E-state index contributed by atoms with van der Waals surface area (Å²) in [5.41, 5.74) is 3.42. The molecule has 4 rings (SSSR count). The number of carbonyl (C=O) groups is 1. The zero-order valence-electron chi connectivity index (χ0n) is 14.6. The summed E-state index contributed by atoms with van der Waals surface area (Å²) in [5, 5.41) is 4.22. The second kappa shape index (κ2) is 7.52. The Kier molecular flexibility index (Phi) is 4.78. The maximum Gasteiger partial charge on any atom is 0.220 e. The summed E-state index contributed by atoms with van der Waals surface area (Å²) in [7, 11) is 0. The Morgan fingerprint density at radius 1 is 1.08 bits per heavy atom. The third-order valence-corrected chi connectivity index (χ3v) is 4.62. The van der Waals surface area contributed by atoms with Crippen LogP contribution in [0.15, 0.2) is 48.7 Å². The van der Waals surface area contributed by atoms with Gasteiger partial charge in [0.25, 0.3) is 0 Å². The van der Waals surface area contributed by atoms with E-state index in [4.69, 9.17) is 9.47 Å². The molecule has 2 aromatic carbocycles. The Balaban J connectivity index is 1.25. The van der Waals surface area contributed by atoms with Crippen molar-refractivity contribution in [2.24, 2.45) is 0 Å². The number of nitrogens with one attached hydrogen (secondary N) is 2. The third-order valence-electron chi connectivity index (χ3n) is 4.62. The molecule has 2 N–H and O–H groups in total. The van der Waals surface area contributed by atoms with E-state index < -0.39 is 0 Å². The van der Waals surface area contributed by atoms with Crippen molar-refractivity contribution in [3.63, 3.8) is 0 Å². The molecular formula is C21H22N2O3. The number of rotatable bonds is 6. The SMILES string of the molecule is O=C(CCCc1c[nH]c2ccccc12)NCc1ccc2c(c1)OCCO2. The number of aryl methyl sites for hydroxylation is 1. The monoisotopic (exact) mass is 350 g/mol. The standard InChI is InChI=1S/C21H22N2O3/c24-21(7-3-4-16-14-22-18-6-2-1-5-17(16)18)23-13-15-8-9-19-20(12-15)26-11-10-25-19/h1-2,5-6,8-9,12,14,22H,3-4,7,10-11,13H2,(H,23,24). The molecule has 1 aliphatic heterocycles. The van der Waals surface area contributed by atoms with E-state index in [1.807, 2.05) is 36.5 Å². The molecule has 0 saturated carbocycles. The Morgan fingerprint density at radius 2 is 1.92 bits per heavy atom. The first-order valence-corrected chi connectivity index (χ1v) is 9.00. The lowest BCUT2D eigenvalue weighted by atomic mass is 10.1. The van der Waals surface area contributed by atoms with Crippen molar-refractivity contribution in [2.45, 2.75) is 25.8 Å². The predicted molar refractivity (Wildman–Crippen MR) is 101 cm³/mol. The number of hydrogen-bond acceptors (Lipinski definition) is 3. The summed E-state index contributed by atoms with van der Waals surface area (Å²) < 4.78 is 11.1. The lowest BCUT2D eigenvalue weighted by Gasteiger charge is -2.19. The Labute approximate surface area is 152 Å².